The number of anilines is 1. The van der Waals surface area contributed by atoms with Crippen LogP contribution in [0.2, 0.25) is 5.02 Å². The lowest BCUT2D eigenvalue weighted by molar-refractivity contribution is 0.183. The van der Waals surface area contributed by atoms with Crippen LogP contribution in [0.5, 0.6) is 5.75 Å². The van der Waals surface area contributed by atoms with E-state index in [1.807, 2.05) is 0 Å². The number of ether oxygens (including phenoxy) is 1. The zero-order valence-electron chi connectivity index (χ0n) is 11.2. The third-order valence-electron chi connectivity index (χ3n) is 2.63. The van der Waals surface area contributed by atoms with Gasteiger partial charge in [0.25, 0.3) is 10.0 Å². The smallest absolute Gasteiger partial charge is 0.263 e. The number of hydrogen-bond donors (Lipinski definition) is 2. The first-order valence-electron chi connectivity index (χ1n) is 5.96. The van der Waals surface area contributed by atoms with Crippen molar-refractivity contribution in [2.24, 2.45) is 0 Å². The van der Waals surface area contributed by atoms with Gasteiger partial charge in [-0.15, -0.1) is 0 Å². The molecule has 0 bridgehead atoms. The third-order valence-corrected chi connectivity index (χ3v) is 4.30. The average molecular weight is 332 g/mol. The van der Waals surface area contributed by atoms with Gasteiger partial charge in [-0.2, -0.15) is 5.10 Å². The number of benzene rings is 1. The predicted molar refractivity (Wildman–Crippen MR) is 78.0 cm³/mol. The Bertz CT molecular complexity index is 730. The predicted octanol–water partition coefficient (Wildman–Crippen LogP) is 1.69. The van der Waals surface area contributed by atoms with Gasteiger partial charge in [0.15, 0.2) is 5.82 Å². The monoisotopic (exact) mass is 331 g/mol. The van der Waals surface area contributed by atoms with Crippen molar-refractivity contribution in [3.05, 3.63) is 35.5 Å². The van der Waals surface area contributed by atoms with Gasteiger partial charge in [0, 0.05) is 25.4 Å². The molecule has 0 saturated heterocycles. The first-order valence-corrected chi connectivity index (χ1v) is 7.82. The van der Waals surface area contributed by atoms with Gasteiger partial charge in [0.1, 0.15) is 5.75 Å². The summed E-state index contributed by atoms with van der Waals surface area (Å²) in [7, 11) is -2.27. The quantitative estimate of drug-likeness (QED) is 0.840. The minimum Gasteiger partial charge on any atom is -0.506 e. The summed E-state index contributed by atoms with van der Waals surface area (Å²) in [4.78, 5) is -0.101. The highest BCUT2D eigenvalue weighted by Crippen LogP contribution is 2.26. The number of sulfonamides is 1. The van der Waals surface area contributed by atoms with Crippen LogP contribution in [0.15, 0.2) is 35.4 Å². The number of aromatic nitrogens is 2. The zero-order chi connectivity index (χ0) is 15.5. The lowest BCUT2D eigenvalue weighted by atomic mass is 10.3. The van der Waals surface area contributed by atoms with Crippen LogP contribution in [0.3, 0.4) is 0 Å². The van der Waals surface area contributed by atoms with Crippen molar-refractivity contribution in [1.29, 1.82) is 0 Å². The van der Waals surface area contributed by atoms with Gasteiger partial charge in [-0.05, 0) is 12.1 Å². The number of nitrogens with zero attached hydrogens (tertiary/aromatic N) is 2. The van der Waals surface area contributed by atoms with E-state index in [1.165, 1.54) is 18.2 Å². The number of nitrogens with one attached hydrogen (secondary N) is 1. The molecule has 21 heavy (non-hydrogen) atoms. The van der Waals surface area contributed by atoms with Crippen LogP contribution in [-0.4, -0.2) is 37.0 Å². The molecule has 0 aliphatic heterocycles. The summed E-state index contributed by atoms with van der Waals surface area (Å²) in [5.74, 6) is -0.120. The molecule has 0 atom stereocenters. The molecule has 114 valence electrons. The molecule has 1 aromatic heterocycles. The summed E-state index contributed by atoms with van der Waals surface area (Å²) >= 11 is 5.65. The molecule has 0 amide bonds. The molecule has 0 aliphatic rings. The van der Waals surface area contributed by atoms with Crippen LogP contribution in [-0.2, 0) is 21.3 Å². The molecule has 1 aromatic carbocycles. The standard InChI is InChI=1S/C12H14ClN3O4S/c1-20-7-6-16-5-4-12(14-16)15-21(18,19)9-2-3-10(13)11(17)8-9/h2-5,8,17H,6-7H2,1H3,(H,14,15). The Labute approximate surface area is 127 Å². The van der Waals surface area contributed by atoms with Crippen molar-refractivity contribution in [3.63, 3.8) is 0 Å². The maximum absolute atomic E-state index is 12.1. The maximum atomic E-state index is 12.1. The zero-order valence-corrected chi connectivity index (χ0v) is 12.7. The molecule has 1 heterocycles. The highest BCUT2D eigenvalue weighted by molar-refractivity contribution is 7.92. The Balaban J connectivity index is 2.16. The minimum absolute atomic E-state index is 0.0813. The van der Waals surface area contributed by atoms with E-state index < -0.39 is 10.0 Å². The summed E-state index contributed by atoms with van der Waals surface area (Å²) in [6.45, 7) is 0.985. The highest BCUT2D eigenvalue weighted by atomic mass is 35.5. The second-order valence-electron chi connectivity index (χ2n) is 4.18. The van der Waals surface area contributed by atoms with Crippen molar-refractivity contribution in [2.45, 2.75) is 11.4 Å². The SMILES string of the molecule is COCCn1ccc(NS(=O)(=O)c2ccc(Cl)c(O)c2)n1. The molecule has 0 spiro atoms. The molecular weight excluding hydrogens is 318 g/mol. The van der Waals surface area contributed by atoms with Crippen molar-refractivity contribution in [3.8, 4) is 5.75 Å². The van der Waals surface area contributed by atoms with Crippen molar-refractivity contribution >= 4 is 27.4 Å². The average Bonchev–Trinajstić information content (AvgIpc) is 2.86. The van der Waals surface area contributed by atoms with Gasteiger partial charge < -0.3 is 9.84 Å². The van der Waals surface area contributed by atoms with E-state index in [0.29, 0.717) is 13.2 Å². The van der Waals surface area contributed by atoms with Crippen LogP contribution in [0.4, 0.5) is 5.82 Å². The van der Waals surface area contributed by atoms with Crippen molar-refractivity contribution in [2.75, 3.05) is 18.4 Å². The van der Waals surface area contributed by atoms with E-state index in [1.54, 1.807) is 18.0 Å². The molecule has 2 rings (SSSR count). The van der Waals surface area contributed by atoms with E-state index in [4.69, 9.17) is 16.3 Å². The second-order valence-corrected chi connectivity index (χ2v) is 6.27. The number of aromatic hydroxyl groups is 1. The molecule has 2 aromatic rings. The number of phenols is 1. The molecule has 0 saturated carbocycles. The number of phenolic OH excluding ortho intramolecular Hbond substituents is 1. The van der Waals surface area contributed by atoms with E-state index in [2.05, 4.69) is 9.82 Å². The molecule has 0 unspecified atom stereocenters. The largest absolute Gasteiger partial charge is 0.506 e. The van der Waals surface area contributed by atoms with E-state index >= 15 is 0 Å². The van der Waals surface area contributed by atoms with Crippen LogP contribution >= 0.6 is 11.6 Å². The van der Waals surface area contributed by atoms with Crippen LogP contribution in [0, 0.1) is 0 Å². The first-order chi connectivity index (χ1) is 9.92. The minimum atomic E-state index is -3.84. The lowest BCUT2D eigenvalue weighted by Crippen LogP contribution is -2.14. The Hall–Kier alpha value is -1.77. The van der Waals surface area contributed by atoms with Gasteiger partial charge >= 0.3 is 0 Å². The number of rotatable bonds is 6. The molecule has 0 fully saturated rings. The summed E-state index contributed by atoms with van der Waals surface area (Å²) in [6, 6.07) is 5.21. The fraction of sp³-hybridized carbons (Fsp3) is 0.250. The highest BCUT2D eigenvalue weighted by Gasteiger charge is 2.17. The van der Waals surface area contributed by atoms with E-state index in [-0.39, 0.29) is 21.5 Å². The fourth-order valence-electron chi connectivity index (χ4n) is 1.58. The molecule has 7 nitrogen and oxygen atoms in total. The Morgan fingerprint density at radius 1 is 1.43 bits per heavy atom. The number of hydrogen-bond acceptors (Lipinski definition) is 5. The normalized spacial score (nSPS) is 11.5. The summed E-state index contributed by atoms with van der Waals surface area (Å²) in [5, 5.41) is 13.6. The Kier molecular flexibility index (Phi) is 4.71. The summed E-state index contributed by atoms with van der Waals surface area (Å²) in [5.41, 5.74) is 0. The van der Waals surface area contributed by atoms with Gasteiger partial charge in [-0.3, -0.25) is 9.40 Å². The van der Waals surface area contributed by atoms with Crippen LogP contribution in [0.25, 0.3) is 0 Å². The van der Waals surface area contributed by atoms with Gasteiger partial charge in [0.05, 0.1) is 23.1 Å². The fourth-order valence-corrected chi connectivity index (χ4v) is 2.72. The Morgan fingerprint density at radius 2 is 2.19 bits per heavy atom. The molecule has 0 radical (unpaired) electrons. The van der Waals surface area contributed by atoms with Crippen molar-refractivity contribution in [1.82, 2.24) is 9.78 Å². The number of halogens is 1. The summed E-state index contributed by atoms with van der Waals surface area (Å²) < 4.78 is 33.1. The van der Waals surface area contributed by atoms with Gasteiger partial charge in [0.2, 0.25) is 0 Å². The van der Waals surface area contributed by atoms with Crippen LogP contribution in [0.1, 0.15) is 0 Å². The molecular formula is C12H14ClN3O4S. The molecule has 2 N–H and O–H groups in total. The summed E-state index contributed by atoms with van der Waals surface area (Å²) in [6.07, 6.45) is 1.64. The third kappa shape index (κ3) is 3.87. The van der Waals surface area contributed by atoms with E-state index in [0.717, 1.165) is 6.07 Å². The first kappa shape index (κ1) is 15.6. The topological polar surface area (TPSA) is 93.5 Å². The van der Waals surface area contributed by atoms with Crippen molar-refractivity contribution < 1.29 is 18.3 Å². The Morgan fingerprint density at radius 3 is 2.86 bits per heavy atom. The second kappa shape index (κ2) is 6.33. The molecule has 9 heteroatoms. The maximum Gasteiger partial charge on any atom is 0.263 e. The van der Waals surface area contributed by atoms with Gasteiger partial charge in [-0.1, -0.05) is 11.6 Å². The van der Waals surface area contributed by atoms with E-state index in [9.17, 15) is 13.5 Å². The lowest BCUT2D eigenvalue weighted by Gasteiger charge is -2.06. The van der Waals surface area contributed by atoms with Crippen LogP contribution < -0.4 is 4.72 Å². The number of methoxy groups -OCH3 is 1. The molecule has 0 aliphatic carbocycles. The van der Waals surface area contributed by atoms with Gasteiger partial charge in [-0.25, -0.2) is 8.42 Å².